The minimum Gasteiger partial charge on any atom is -0.285 e. The smallest absolute Gasteiger partial charge is 0.242 e. The van der Waals surface area contributed by atoms with Gasteiger partial charge < -0.3 is 0 Å². The molecule has 0 radical (unpaired) electrons. The Morgan fingerprint density at radius 3 is 2.81 bits per heavy atom. The molecule has 0 aromatic carbocycles. The first-order chi connectivity index (χ1) is 10.1. The summed E-state index contributed by atoms with van der Waals surface area (Å²) in [7, 11) is 1.49. The Morgan fingerprint density at radius 2 is 2.24 bits per heavy atom. The standard InChI is InChI=1S/C15H17N3O2S/c1-3-4-5-11-7-6-10(9-16)14(17-11)21-12-8-13(19)18(2)15(12)20/h6-7,12H,3-5,8H2,1-2H3. The van der Waals surface area contributed by atoms with Crippen molar-refractivity contribution in [1.82, 2.24) is 9.88 Å². The van der Waals surface area contributed by atoms with E-state index in [1.165, 1.54) is 18.8 Å². The average Bonchev–Trinajstić information content (AvgIpc) is 2.72. The van der Waals surface area contributed by atoms with Gasteiger partial charge in [-0.3, -0.25) is 14.5 Å². The molecule has 1 saturated heterocycles. The third-order valence-electron chi connectivity index (χ3n) is 3.42. The number of hydrogen-bond acceptors (Lipinski definition) is 5. The second-order valence-electron chi connectivity index (χ2n) is 4.97. The van der Waals surface area contributed by atoms with Crippen LogP contribution in [0.4, 0.5) is 0 Å². The lowest BCUT2D eigenvalue weighted by Crippen LogP contribution is -2.26. The number of nitriles is 1. The summed E-state index contributed by atoms with van der Waals surface area (Å²) in [6.07, 6.45) is 3.14. The van der Waals surface area contributed by atoms with Crippen LogP contribution in [0.2, 0.25) is 0 Å². The number of aryl methyl sites for hydroxylation is 1. The highest BCUT2D eigenvalue weighted by Gasteiger charge is 2.37. The van der Waals surface area contributed by atoms with E-state index in [1.54, 1.807) is 6.07 Å². The van der Waals surface area contributed by atoms with Crippen molar-refractivity contribution in [2.75, 3.05) is 7.05 Å². The lowest BCUT2D eigenvalue weighted by Gasteiger charge is -2.10. The summed E-state index contributed by atoms with van der Waals surface area (Å²) < 4.78 is 0. The molecule has 1 unspecified atom stereocenters. The summed E-state index contributed by atoms with van der Waals surface area (Å²) in [5.74, 6) is -0.396. The van der Waals surface area contributed by atoms with Gasteiger partial charge in [0.2, 0.25) is 11.8 Å². The number of hydrogen-bond donors (Lipinski definition) is 0. The molecule has 5 nitrogen and oxygen atoms in total. The lowest BCUT2D eigenvalue weighted by molar-refractivity contribution is -0.136. The molecular weight excluding hydrogens is 286 g/mol. The van der Waals surface area contributed by atoms with Gasteiger partial charge in [0.25, 0.3) is 0 Å². The van der Waals surface area contributed by atoms with E-state index in [0.717, 1.165) is 29.9 Å². The predicted octanol–water partition coefficient (Wildman–Crippen LogP) is 2.15. The second kappa shape index (κ2) is 6.72. The molecule has 0 N–H and O–H groups in total. The molecule has 1 atom stereocenters. The molecule has 0 saturated carbocycles. The zero-order valence-electron chi connectivity index (χ0n) is 12.1. The molecule has 1 aromatic heterocycles. The van der Waals surface area contributed by atoms with Crippen LogP contribution in [-0.2, 0) is 16.0 Å². The van der Waals surface area contributed by atoms with Gasteiger partial charge >= 0.3 is 0 Å². The van der Waals surface area contributed by atoms with E-state index >= 15 is 0 Å². The molecule has 110 valence electrons. The number of thioether (sulfide) groups is 1. The quantitative estimate of drug-likeness (QED) is 0.779. The number of carbonyl (C=O) groups is 2. The number of aromatic nitrogens is 1. The summed E-state index contributed by atoms with van der Waals surface area (Å²) >= 11 is 1.22. The molecule has 2 heterocycles. The first-order valence-electron chi connectivity index (χ1n) is 6.94. The van der Waals surface area contributed by atoms with Crippen molar-refractivity contribution >= 4 is 23.6 Å². The minimum absolute atomic E-state index is 0.172. The third kappa shape index (κ3) is 3.42. The highest BCUT2D eigenvalue weighted by Crippen LogP contribution is 2.31. The van der Waals surface area contributed by atoms with Gasteiger partial charge in [-0.15, -0.1) is 0 Å². The van der Waals surface area contributed by atoms with Crippen molar-refractivity contribution in [2.24, 2.45) is 0 Å². The number of likely N-dealkylation sites (tertiary alicyclic amines) is 1. The molecule has 2 amide bonds. The van der Waals surface area contributed by atoms with E-state index in [9.17, 15) is 9.59 Å². The van der Waals surface area contributed by atoms with Gasteiger partial charge in [-0.05, 0) is 25.0 Å². The topological polar surface area (TPSA) is 74.1 Å². The average molecular weight is 303 g/mol. The number of imide groups is 1. The summed E-state index contributed by atoms with van der Waals surface area (Å²) in [4.78, 5) is 29.1. The lowest BCUT2D eigenvalue weighted by atomic mass is 10.2. The number of rotatable bonds is 5. The maximum atomic E-state index is 12.0. The summed E-state index contributed by atoms with van der Waals surface area (Å²) in [6, 6.07) is 5.69. The van der Waals surface area contributed by atoms with Gasteiger partial charge in [-0.25, -0.2) is 4.98 Å². The van der Waals surface area contributed by atoms with E-state index in [0.29, 0.717) is 10.6 Å². The van der Waals surface area contributed by atoms with E-state index in [-0.39, 0.29) is 18.2 Å². The monoisotopic (exact) mass is 303 g/mol. The van der Waals surface area contributed by atoms with E-state index in [4.69, 9.17) is 5.26 Å². The Bertz CT molecular complexity index is 609. The summed E-state index contributed by atoms with van der Waals surface area (Å²) in [5, 5.41) is 9.24. The number of nitrogens with zero attached hydrogens (tertiary/aromatic N) is 3. The molecule has 2 rings (SSSR count). The van der Waals surface area contributed by atoms with Crippen LogP contribution in [0.1, 0.15) is 37.4 Å². The van der Waals surface area contributed by atoms with Crippen LogP contribution in [0.15, 0.2) is 17.2 Å². The maximum absolute atomic E-state index is 12.0. The van der Waals surface area contributed by atoms with Crippen LogP contribution in [0.5, 0.6) is 0 Å². The normalized spacial score (nSPS) is 18.1. The van der Waals surface area contributed by atoms with E-state index in [2.05, 4.69) is 18.0 Å². The molecule has 0 aliphatic carbocycles. The second-order valence-corrected chi connectivity index (χ2v) is 6.16. The Morgan fingerprint density at radius 1 is 1.48 bits per heavy atom. The molecule has 0 spiro atoms. The van der Waals surface area contributed by atoms with E-state index < -0.39 is 5.25 Å². The zero-order valence-corrected chi connectivity index (χ0v) is 12.9. The van der Waals surface area contributed by atoms with Gasteiger partial charge in [0.15, 0.2) is 0 Å². The Hall–Kier alpha value is -1.87. The number of unbranched alkanes of at least 4 members (excludes halogenated alkanes) is 1. The Balaban J connectivity index is 2.20. The fourth-order valence-electron chi connectivity index (χ4n) is 2.10. The van der Waals surface area contributed by atoms with Crippen LogP contribution in [-0.4, -0.2) is 34.0 Å². The number of carbonyl (C=O) groups excluding carboxylic acids is 2. The fourth-order valence-corrected chi connectivity index (χ4v) is 3.26. The fraction of sp³-hybridized carbons (Fsp3) is 0.467. The maximum Gasteiger partial charge on any atom is 0.242 e. The first kappa shape index (κ1) is 15.5. The molecule has 1 aromatic rings. The van der Waals surface area contributed by atoms with Gasteiger partial charge in [-0.1, -0.05) is 25.1 Å². The van der Waals surface area contributed by atoms with Gasteiger partial charge in [-0.2, -0.15) is 5.26 Å². The van der Waals surface area contributed by atoms with Crippen molar-refractivity contribution in [3.8, 4) is 6.07 Å². The number of amides is 2. The van der Waals surface area contributed by atoms with Crippen LogP contribution in [0.25, 0.3) is 0 Å². The zero-order chi connectivity index (χ0) is 15.4. The number of pyridine rings is 1. The summed E-state index contributed by atoms with van der Waals surface area (Å²) in [6.45, 7) is 2.11. The SMILES string of the molecule is CCCCc1ccc(C#N)c(SC2CC(=O)N(C)C2=O)n1. The molecular formula is C15H17N3O2S. The van der Waals surface area contributed by atoms with Crippen LogP contribution >= 0.6 is 11.8 Å². The first-order valence-corrected chi connectivity index (χ1v) is 7.81. The van der Waals surface area contributed by atoms with Crippen molar-refractivity contribution < 1.29 is 9.59 Å². The van der Waals surface area contributed by atoms with Crippen molar-refractivity contribution in [2.45, 2.75) is 42.9 Å². The minimum atomic E-state index is -0.469. The molecule has 21 heavy (non-hydrogen) atoms. The third-order valence-corrected chi connectivity index (χ3v) is 4.61. The Kier molecular flexibility index (Phi) is 4.97. The molecule has 1 aliphatic rings. The van der Waals surface area contributed by atoms with Crippen LogP contribution in [0.3, 0.4) is 0 Å². The molecule has 6 heteroatoms. The molecule has 1 fully saturated rings. The molecule has 1 aliphatic heterocycles. The predicted molar refractivity (Wildman–Crippen MR) is 79.6 cm³/mol. The van der Waals surface area contributed by atoms with Gasteiger partial charge in [0.05, 0.1) is 10.8 Å². The van der Waals surface area contributed by atoms with Crippen LogP contribution < -0.4 is 0 Å². The largest absolute Gasteiger partial charge is 0.285 e. The van der Waals surface area contributed by atoms with E-state index in [1.807, 2.05) is 6.07 Å². The molecule has 0 bridgehead atoms. The highest BCUT2D eigenvalue weighted by atomic mass is 32.2. The van der Waals surface area contributed by atoms with Crippen molar-refractivity contribution in [3.05, 3.63) is 23.4 Å². The van der Waals surface area contributed by atoms with Crippen molar-refractivity contribution in [1.29, 1.82) is 5.26 Å². The van der Waals surface area contributed by atoms with Gasteiger partial charge in [0.1, 0.15) is 11.1 Å². The van der Waals surface area contributed by atoms with Crippen LogP contribution in [0, 0.1) is 11.3 Å². The van der Waals surface area contributed by atoms with Crippen molar-refractivity contribution in [3.63, 3.8) is 0 Å². The summed E-state index contributed by atoms with van der Waals surface area (Å²) in [5.41, 5.74) is 1.37. The highest BCUT2D eigenvalue weighted by molar-refractivity contribution is 8.00. The van der Waals surface area contributed by atoms with Gasteiger partial charge in [0, 0.05) is 19.2 Å². The Labute approximate surface area is 128 Å².